The van der Waals surface area contributed by atoms with E-state index in [9.17, 15) is 0 Å². The van der Waals surface area contributed by atoms with Crippen molar-refractivity contribution < 1.29 is 4.74 Å². The van der Waals surface area contributed by atoms with Crippen molar-refractivity contribution in [1.29, 1.82) is 0 Å². The van der Waals surface area contributed by atoms with E-state index in [2.05, 4.69) is 31.8 Å². The van der Waals surface area contributed by atoms with E-state index in [0.29, 0.717) is 17.3 Å². The molecule has 0 bridgehead atoms. The predicted molar refractivity (Wildman–Crippen MR) is 89.6 cm³/mol. The summed E-state index contributed by atoms with van der Waals surface area (Å²) in [5.74, 6) is 0.878. The van der Waals surface area contributed by atoms with E-state index in [1.807, 2.05) is 30.3 Å². The number of hydrogen-bond acceptors (Lipinski definition) is 3. The summed E-state index contributed by atoms with van der Waals surface area (Å²) < 4.78 is 5.99. The maximum Gasteiger partial charge on any atom is 0.123 e. The van der Waals surface area contributed by atoms with Crippen LogP contribution in [0.3, 0.4) is 0 Å². The van der Waals surface area contributed by atoms with Crippen molar-refractivity contribution in [3.63, 3.8) is 0 Å². The Morgan fingerprint density at radius 3 is 2.57 bits per heavy atom. The Morgan fingerprint density at radius 1 is 1.19 bits per heavy atom. The van der Waals surface area contributed by atoms with Gasteiger partial charge in [0, 0.05) is 11.8 Å². The maximum absolute atomic E-state index is 5.99. The summed E-state index contributed by atoms with van der Waals surface area (Å²) in [6.45, 7) is 6.90. The molecule has 21 heavy (non-hydrogen) atoms. The second-order valence-corrected chi connectivity index (χ2v) is 6.35. The molecule has 0 aliphatic heterocycles. The van der Waals surface area contributed by atoms with Crippen LogP contribution in [0.2, 0.25) is 0 Å². The monoisotopic (exact) mass is 300 g/mol. The molecule has 1 aromatic heterocycles. The van der Waals surface area contributed by atoms with Crippen LogP contribution >= 0.6 is 12.2 Å². The van der Waals surface area contributed by atoms with Crippen LogP contribution in [-0.4, -0.2) is 9.97 Å². The fourth-order valence-electron chi connectivity index (χ4n) is 2.14. The van der Waals surface area contributed by atoms with E-state index in [0.717, 1.165) is 11.3 Å². The van der Waals surface area contributed by atoms with Crippen LogP contribution in [0.15, 0.2) is 42.6 Å². The fourth-order valence-corrected chi connectivity index (χ4v) is 2.33. The molecule has 3 nitrogen and oxygen atoms in total. The molecule has 0 spiro atoms. The summed E-state index contributed by atoms with van der Waals surface area (Å²) >= 11 is 5.03. The molecule has 0 aliphatic rings. The van der Waals surface area contributed by atoms with Gasteiger partial charge in [-0.1, -0.05) is 57.3 Å². The number of rotatable bonds is 4. The third-order valence-electron chi connectivity index (χ3n) is 3.20. The molecule has 0 saturated heterocycles. The Bertz CT molecular complexity index is 647. The molecule has 2 rings (SSSR count). The molecule has 0 atom stereocenters. The zero-order valence-corrected chi connectivity index (χ0v) is 13.4. The van der Waals surface area contributed by atoms with Crippen molar-refractivity contribution in [2.75, 3.05) is 0 Å². The summed E-state index contributed by atoms with van der Waals surface area (Å²) in [5.41, 5.74) is 8.42. The van der Waals surface area contributed by atoms with Gasteiger partial charge in [0.2, 0.25) is 0 Å². The molecule has 4 heteroatoms. The van der Waals surface area contributed by atoms with E-state index in [4.69, 9.17) is 22.7 Å². The van der Waals surface area contributed by atoms with E-state index in [1.54, 1.807) is 6.20 Å². The third-order valence-corrected chi connectivity index (χ3v) is 3.40. The average Bonchev–Trinajstić information content (AvgIpc) is 2.44. The van der Waals surface area contributed by atoms with E-state index < -0.39 is 0 Å². The zero-order valence-electron chi connectivity index (χ0n) is 12.6. The molecular weight excluding hydrogens is 280 g/mol. The minimum Gasteiger partial charge on any atom is -0.489 e. The summed E-state index contributed by atoms with van der Waals surface area (Å²) in [6, 6.07) is 11.9. The van der Waals surface area contributed by atoms with Gasteiger partial charge in [0.15, 0.2) is 0 Å². The molecule has 0 unspecified atom stereocenters. The standard InChI is InChI=1S/C17H20N2OS/c1-17(2,3)13-8-4-5-9-14(13)20-11-12-7-6-10-19-15(12)16(18)21/h4-10H,11H2,1-3H3,(H2,18,21). The van der Waals surface area contributed by atoms with Gasteiger partial charge >= 0.3 is 0 Å². The van der Waals surface area contributed by atoms with Gasteiger partial charge in [0.05, 0.1) is 0 Å². The number of ether oxygens (including phenoxy) is 1. The lowest BCUT2D eigenvalue weighted by Gasteiger charge is -2.22. The average molecular weight is 300 g/mol. The fraction of sp³-hybridized carbons (Fsp3) is 0.294. The number of para-hydroxylation sites is 1. The second kappa shape index (κ2) is 6.22. The maximum atomic E-state index is 5.99. The second-order valence-electron chi connectivity index (χ2n) is 5.91. The number of nitrogens with two attached hydrogens (primary N) is 1. The molecule has 0 fully saturated rings. The van der Waals surface area contributed by atoms with Gasteiger partial charge in [-0.2, -0.15) is 0 Å². The smallest absolute Gasteiger partial charge is 0.123 e. The Hall–Kier alpha value is -1.94. The molecule has 0 amide bonds. The predicted octanol–water partition coefficient (Wildman–Crippen LogP) is 3.59. The van der Waals surface area contributed by atoms with Crippen LogP contribution in [0.5, 0.6) is 5.75 Å². The molecule has 110 valence electrons. The van der Waals surface area contributed by atoms with Gasteiger partial charge in [-0.3, -0.25) is 4.98 Å². The lowest BCUT2D eigenvalue weighted by atomic mass is 9.86. The molecule has 0 aliphatic carbocycles. The third kappa shape index (κ3) is 3.79. The van der Waals surface area contributed by atoms with Crippen LogP contribution in [0.25, 0.3) is 0 Å². The highest BCUT2D eigenvalue weighted by atomic mass is 32.1. The number of nitrogens with zero attached hydrogens (tertiary/aromatic N) is 1. The van der Waals surface area contributed by atoms with Crippen LogP contribution < -0.4 is 10.5 Å². The highest BCUT2D eigenvalue weighted by Gasteiger charge is 2.18. The number of thiocarbonyl (C=S) groups is 1. The highest BCUT2D eigenvalue weighted by molar-refractivity contribution is 7.80. The first-order valence-electron chi connectivity index (χ1n) is 6.85. The van der Waals surface area contributed by atoms with Gasteiger partial charge < -0.3 is 10.5 Å². The van der Waals surface area contributed by atoms with E-state index in [-0.39, 0.29) is 5.41 Å². The minimum absolute atomic E-state index is 0.0253. The number of hydrogen-bond donors (Lipinski definition) is 1. The SMILES string of the molecule is CC(C)(C)c1ccccc1OCc1cccnc1C(N)=S. The molecule has 2 N–H and O–H groups in total. The number of pyridine rings is 1. The lowest BCUT2D eigenvalue weighted by Crippen LogP contribution is -2.16. The first-order chi connectivity index (χ1) is 9.89. The summed E-state index contributed by atoms with van der Waals surface area (Å²) in [5, 5.41) is 0. The normalized spacial score (nSPS) is 11.2. The number of benzene rings is 1. The first kappa shape index (κ1) is 15.4. The topological polar surface area (TPSA) is 48.1 Å². The zero-order chi connectivity index (χ0) is 15.5. The molecule has 1 heterocycles. The van der Waals surface area contributed by atoms with Crippen molar-refractivity contribution in [3.8, 4) is 5.75 Å². The van der Waals surface area contributed by atoms with Gasteiger partial charge in [0.1, 0.15) is 23.0 Å². The van der Waals surface area contributed by atoms with Crippen LogP contribution in [0.1, 0.15) is 37.6 Å². The largest absolute Gasteiger partial charge is 0.489 e. The highest BCUT2D eigenvalue weighted by Crippen LogP contribution is 2.31. The molecule has 0 radical (unpaired) electrons. The van der Waals surface area contributed by atoms with Crippen LogP contribution in [0, 0.1) is 0 Å². The van der Waals surface area contributed by atoms with Crippen molar-refractivity contribution >= 4 is 17.2 Å². The quantitative estimate of drug-likeness (QED) is 0.877. The molecule has 1 aromatic carbocycles. The van der Waals surface area contributed by atoms with Crippen molar-refractivity contribution in [1.82, 2.24) is 4.98 Å². The van der Waals surface area contributed by atoms with Gasteiger partial charge in [0.25, 0.3) is 0 Å². The summed E-state index contributed by atoms with van der Waals surface area (Å²) in [6.07, 6.45) is 1.68. The Labute approximate surface area is 131 Å². The van der Waals surface area contributed by atoms with Crippen molar-refractivity contribution in [2.24, 2.45) is 5.73 Å². The minimum atomic E-state index is 0.0253. The van der Waals surface area contributed by atoms with Gasteiger partial charge in [-0.15, -0.1) is 0 Å². The summed E-state index contributed by atoms with van der Waals surface area (Å²) in [4.78, 5) is 4.51. The van der Waals surface area contributed by atoms with Crippen molar-refractivity contribution in [3.05, 3.63) is 59.4 Å². The molecule has 0 saturated carbocycles. The lowest BCUT2D eigenvalue weighted by molar-refractivity contribution is 0.297. The first-order valence-corrected chi connectivity index (χ1v) is 7.26. The van der Waals surface area contributed by atoms with E-state index in [1.165, 1.54) is 5.56 Å². The Morgan fingerprint density at radius 2 is 1.90 bits per heavy atom. The molecular formula is C17H20N2OS. The number of aromatic nitrogens is 1. The van der Waals surface area contributed by atoms with Crippen LogP contribution in [-0.2, 0) is 12.0 Å². The van der Waals surface area contributed by atoms with E-state index >= 15 is 0 Å². The Balaban J connectivity index is 2.24. The van der Waals surface area contributed by atoms with Crippen LogP contribution in [0.4, 0.5) is 0 Å². The van der Waals surface area contributed by atoms with Crippen molar-refractivity contribution in [2.45, 2.75) is 32.8 Å². The molecule has 2 aromatic rings. The van der Waals surface area contributed by atoms with Gasteiger partial charge in [-0.05, 0) is 23.1 Å². The van der Waals surface area contributed by atoms with Gasteiger partial charge in [-0.25, -0.2) is 0 Å². The summed E-state index contributed by atoms with van der Waals surface area (Å²) in [7, 11) is 0. The Kier molecular flexibility index (Phi) is 4.58.